The van der Waals surface area contributed by atoms with Gasteiger partial charge in [-0.15, -0.1) is 0 Å². The highest BCUT2D eigenvalue weighted by molar-refractivity contribution is 5.77. The third-order valence-corrected chi connectivity index (χ3v) is 2.98. The van der Waals surface area contributed by atoms with Crippen molar-refractivity contribution in [2.45, 2.75) is 13.0 Å². The van der Waals surface area contributed by atoms with Crippen molar-refractivity contribution in [3.8, 4) is 0 Å². The van der Waals surface area contributed by atoms with Crippen LogP contribution >= 0.6 is 0 Å². The van der Waals surface area contributed by atoms with Gasteiger partial charge in [-0.1, -0.05) is 18.2 Å². The van der Waals surface area contributed by atoms with Gasteiger partial charge in [-0.2, -0.15) is 15.4 Å². The Hall–Kier alpha value is -2.28. The number of likely N-dealkylation sites (N-methyl/N-ethyl adjacent to an activating group) is 1. The van der Waals surface area contributed by atoms with Gasteiger partial charge in [0.05, 0.1) is 18.5 Å². The summed E-state index contributed by atoms with van der Waals surface area (Å²) >= 11 is 0. The molecule has 0 aliphatic carbocycles. The van der Waals surface area contributed by atoms with Gasteiger partial charge in [-0.25, -0.2) is 4.39 Å². The van der Waals surface area contributed by atoms with Crippen LogP contribution in [0.5, 0.6) is 0 Å². The van der Waals surface area contributed by atoms with Crippen molar-refractivity contribution in [2.75, 3.05) is 20.3 Å². The number of benzene rings is 1. The van der Waals surface area contributed by atoms with Crippen molar-refractivity contribution in [3.63, 3.8) is 0 Å². The largest absolute Gasteiger partial charge is 0.371 e. The fourth-order valence-electron chi connectivity index (χ4n) is 1.76. The summed E-state index contributed by atoms with van der Waals surface area (Å²) in [6, 6.07) is 6.39. The maximum atomic E-state index is 13.5. The predicted octanol–water partition coefficient (Wildman–Crippen LogP) is 1.16. The van der Waals surface area contributed by atoms with Crippen LogP contribution in [0.2, 0.25) is 0 Å². The zero-order chi connectivity index (χ0) is 15.1. The molecule has 1 heterocycles. The van der Waals surface area contributed by atoms with E-state index in [1.807, 2.05) is 0 Å². The van der Waals surface area contributed by atoms with Crippen LogP contribution in [0, 0.1) is 5.82 Å². The lowest BCUT2D eigenvalue weighted by Crippen LogP contribution is -2.30. The molecule has 1 amide bonds. The van der Waals surface area contributed by atoms with E-state index in [4.69, 9.17) is 4.74 Å². The van der Waals surface area contributed by atoms with Crippen LogP contribution in [0.25, 0.3) is 0 Å². The van der Waals surface area contributed by atoms with E-state index in [9.17, 15) is 9.18 Å². The number of carbonyl (C=O) groups excluding carboxylic acids is 1. The predicted molar refractivity (Wildman–Crippen MR) is 73.8 cm³/mol. The minimum atomic E-state index is -0.316. The molecule has 0 fully saturated rings. The molecule has 0 atom stereocenters. The van der Waals surface area contributed by atoms with Crippen LogP contribution in [0.15, 0.2) is 30.5 Å². The Bertz CT molecular complexity index is 574. The second-order valence-electron chi connectivity index (χ2n) is 4.61. The second kappa shape index (κ2) is 7.49. The molecule has 2 rings (SSSR count). The molecule has 1 N–H and O–H groups in total. The number of hydrogen-bond donors (Lipinski definition) is 1. The van der Waals surface area contributed by atoms with E-state index in [1.54, 1.807) is 31.4 Å². The van der Waals surface area contributed by atoms with Crippen LogP contribution in [0.3, 0.4) is 0 Å². The molecule has 0 saturated carbocycles. The Morgan fingerprint density at radius 1 is 1.43 bits per heavy atom. The monoisotopic (exact) mass is 292 g/mol. The number of nitrogens with one attached hydrogen (secondary N) is 1. The Morgan fingerprint density at radius 2 is 2.24 bits per heavy atom. The first kappa shape index (κ1) is 15.1. The summed E-state index contributed by atoms with van der Waals surface area (Å²) in [6.45, 7) is 0.562. The van der Waals surface area contributed by atoms with E-state index >= 15 is 0 Å². The van der Waals surface area contributed by atoms with Gasteiger partial charge in [-0.05, 0) is 6.07 Å². The van der Waals surface area contributed by atoms with Crippen LogP contribution in [0.1, 0.15) is 11.3 Å². The molecule has 1 aromatic heterocycles. The SMILES string of the molecule is CN(Cc1ccccc1F)C(=O)COCCc1cn[nH]n1. The normalized spacial score (nSPS) is 10.6. The Morgan fingerprint density at radius 3 is 2.95 bits per heavy atom. The number of ether oxygens (including phenoxy) is 1. The standard InChI is InChI=1S/C14H17FN4O2/c1-19(9-11-4-2-3-5-13(11)15)14(20)10-21-7-6-12-8-16-18-17-12/h2-5,8H,6-7,9-10H2,1H3,(H,16,17,18). The molecule has 0 aliphatic heterocycles. The van der Waals surface area contributed by atoms with Crippen molar-refractivity contribution < 1.29 is 13.9 Å². The van der Waals surface area contributed by atoms with Crippen molar-refractivity contribution in [3.05, 3.63) is 47.5 Å². The van der Waals surface area contributed by atoms with Crippen molar-refractivity contribution in [2.24, 2.45) is 0 Å². The number of carbonyl (C=O) groups is 1. The van der Waals surface area contributed by atoms with Gasteiger partial charge in [0.15, 0.2) is 0 Å². The van der Waals surface area contributed by atoms with Crippen LogP contribution in [0.4, 0.5) is 4.39 Å². The number of aromatic amines is 1. The lowest BCUT2D eigenvalue weighted by atomic mass is 10.2. The van der Waals surface area contributed by atoms with Gasteiger partial charge in [-0.3, -0.25) is 4.79 Å². The van der Waals surface area contributed by atoms with E-state index in [1.165, 1.54) is 11.0 Å². The van der Waals surface area contributed by atoms with Crippen LogP contribution in [-0.4, -0.2) is 46.5 Å². The van der Waals surface area contributed by atoms with Crippen LogP contribution in [-0.2, 0) is 22.5 Å². The molecule has 0 radical (unpaired) electrons. The zero-order valence-corrected chi connectivity index (χ0v) is 11.8. The second-order valence-corrected chi connectivity index (χ2v) is 4.61. The quantitative estimate of drug-likeness (QED) is 0.777. The lowest BCUT2D eigenvalue weighted by molar-refractivity contribution is -0.135. The highest BCUT2D eigenvalue weighted by Crippen LogP contribution is 2.08. The Kier molecular flexibility index (Phi) is 5.39. The van der Waals surface area contributed by atoms with Crippen molar-refractivity contribution in [1.82, 2.24) is 20.3 Å². The van der Waals surface area contributed by atoms with E-state index in [0.717, 1.165) is 5.69 Å². The minimum Gasteiger partial charge on any atom is -0.371 e. The molecule has 0 aliphatic rings. The lowest BCUT2D eigenvalue weighted by Gasteiger charge is -2.17. The number of rotatable bonds is 7. The molecule has 1 aromatic carbocycles. The van der Waals surface area contributed by atoms with E-state index < -0.39 is 0 Å². The van der Waals surface area contributed by atoms with Gasteiger partial charge in [0, 0.05) is 25.6 Å². The number of hydrogen-bond acceptors (Lipinski definition) is 4. The Balaban J connectivity index is 1.71. The fourth-order valence-corrected chi connectivity index (χ4v) is 1.76. The molecule has 6 nitrogen and oxygen atoms in total. The number of H-pyrrole nitrogens is 1. The summed E-state index contributed by atoms with van der Waals surface area (Å²) < 4.78 is 18.8. The number of aromatic nitrogens is 3. The summed E-state index contributed by atoms with van der Waals surface area (Å²) in [5, 5.41) is 10.1. The van der Waals surface area contributed by atoms with Gasteiger partial charge < -0.3 is 9.64 Å². The number of nitrogens with zero attached hydrogens (tertiary/aromatic N) is 3. The molecule has 112 valence electrons. The molecule has 21 heavy (non-hydrogen) atoms. The first-order chi connectivity index (χ1) is 10.2. The van der Waals surface area contributed by atoms with Crippen molar-refractivity contribution in [1.29, 1.82) is 0 Å². The topological polar surface area (TPSA) is 71.1 Å². The summed E-state index contributed by atoms with van der Waals surface area (Å²) in [4.78, 5) is 13.3. The summed E-state index contributed by atoms with van der Waals surface area (Å²) in [6.07, 6.45) is 2.19. The summed E-state index contributed by atoms with van der Waals surface area (Å²) in [5.41, 5.74) is 1.26. The molecule has 0 spiro atoms. The first-order valence-corrected chi connectivity index (χ1v) is 6.56. The fraction of sp³-hybridized carbons (Fsp3) is 0.357. The van der Waals surface area contributed by atoms with E-state index in [0.29, 0.717) is 18.6 Å². The van der Waals surface area contributed by atoms with Gasteiger partial charge in [0.1, 0.15) is 12.4 Å². The zero-order valence-electron chi connectivity index (χ0n) is 11.8. The van der Waals surface area contributed by atoms with Crippen LogP contribution < -0.4 is 0 Å². The highest BCUT2D eigenvalue weighted by Gasteiger charge is 2.11. The third-order valence-electron chi connectivity index (χ3n) is 2.98. The number of amides is 1. The minimum absolute atomic E-state index is 0.0389. The van der Waals surface area contributed by atoms with E-state index in [-0.39, 0.29) is 24.9 Å². The van der Waals surface area contributed by atoms with Crippen molar-refractivity contribution >= 4 is 5.91 Å². The average Bonchev–Trinajstić information content (AvgIpc) is 2.99. The summed E-state index contributed by atoms with van der Waals surface area (Å²) in [5.74, 6) is -0.512. The average molecular weight is 292 g/mol. The summed E-state index contributed by atoms with van der Waals surface area (Å²) in [7, 11) is 1.62. The van der Waals surface area contributed by atoms with E-state index in [2.05, 4.69) is 15.4 Å². The maximum Gasteiger partial charge on any atom is 0.248 e. The van der Waals surface area contributed by atoms with Gasteiger partial charge in [0.2, 0.25) is 5.91 Å². The molecular weight excluding hydrogens is 275 g/mol. The van der Waals surface area contributed by atoms with Gasteiger partial charge in [0.25, 0.3) is 0 Å². The molecule has 7 heteroatoms. The number of halogens is 1. The highest BCUT2D eigenvalue weighted by atomic mass is 19.1. The molecular formula is C14H17FN4O2. The molecule has 2 aromatic rings. The van der Waals surface area contributed by atoms with Gasteiger partial charge >= 0.3 is 0 Å². The Labute approximate surface area is 121 Å². The molecule has 0 saturated heterocycles. The molecule has 0 unspecified atom stereocenters. The first-order valence-electron chi connectivity index (χ1n) is 6.56. The smallest absolute Gasteiger partial charge is 0.248 e. The molecule has 0 bridgehead atoms. The third kappa shape index (κ3) is 4.64. The maximum absolute atomic E-state index is 13.5.